The molecule has 0 bridgehead atoms. The van der Waals surface area contributed by atoms with Crippen LogP contribution >= 0.6 is 0 Å². The molecule has 0 aliphatic rings. The Labute approximate surface area is 66.1 Å². The predicted molar refractivity (Wildman–Crippen MR) is 42.4 cm³/mol. The topological polar surface area (TPSA) is 73.3 Å². The molecule has 64 valence electrons. The first kappa shape index (κ1) is 10.2. The van der Waals surface area contributed by atoms with Crippen molar-refractivity contribution in [1.82, 2.24) is 0 Å². The maximum Gasteiger partial charge on any atom is 0.208 e. The zero-order valence-corrected chi connectivity index (χ0v) is 7.04. The zero-order chi connectivity index (χ0) is 8.74. The summed E-state index contributed by atoms with van der Waals surface area (Å²) < 4.78 is 24.1. The number of hydrogen-bond donors (Lipinski definition) is 1. The van der Waals surface area contributed by atoms with Crippen molar-refractivity contribution >= 4 is 10.0 Å². The molecule has 0 atom stereocenters. The minimum absolute atomic E-state index is 0.0208. The number of nitrogens with two attached hydrogens (primary N) is 1. The van der Waals surface area contributed by atoms with Gasteiger partial charge in [-0.05, 0) is 19.1 Å². The summed E-state index contributed by atoms with van der Waals surface area (Å²) in [5.41, 5.74) is 0. The summed E-state index contributed by atoms with van der Waals surface area (Å²) in [5.74, 6) is 0.0208. The first-order valence-corrected chi connectivity index (χ1v) is 4.75. The van der Waals surface area contributed by atoms with E-state index >= 15 is 0 Å². The lowest BCUT2D eigenvalue weighted by molar-refractivity contribution is 0.567. The molecule has 4 nitrogen and oxygen atoms in total. The van der Waals surface area contributed by atoms with Gasteiger partial charge < -0.3 is 4.42 Å². The second-order valence-corrected chi connectivity index (χ2v) is 3.65. The van der Waals surface area contributed by atoms with E-state index in [1.807, 2.05) is 12.1 Å². The molecule has 1 heterocycles. The summed E-state index contributed by atoms with van der Waals surface area (Å²) in [5, 5.41) is 4.51. The average Bonchev–Trinajstić information content (AvgIpc) is 2.41. The molecule has 0 aliphatic heterocycles. The molecule has 1 aromatic heterocycles. The minimum Gasteiger partial charge on any atom is -0.473 e. The maximum atomic E-state index is 9.78. The molecule has 0 spiro atoms. The Bertz CT molecular complexity index is 234. The highest BCUT2D eigenvalue weighted by Crippen LogP contribution is 1.79. The van der Waals surface area contributed by atoms with Crippen LogP contribution < -0.4 is 5.14 Å². The normalized spacial score (nSPS) is 10.0. The number of sulfonamides is 1. The van der Waals surface area contributed by atoms with Gasteiger partial charge in [0, 0.05) is 0 Å². The molecular formula is C6H11NO3S. The van der Waals surface area contributed by atoms with Crippen molar-refractivity contribution in [2.24, 2.45) is 5.14 Å². The molecule has 0 amide bonds. The third-order valence-corrected chi connectivity index (χ3v) is 1.63. The predicted octanol–water partition coefficient (Wildman–Crippen LogP) is 0.574. The number of furan rings is 1. The van der Waals surface area contributed by atoms with E-state index in [1.165, 1.54) is 6.92 Å². The highest BCUT2D eigenvalue weighted by Gasteiger charge is 1.90. The summed E-state index contributed by atoms with van der Waals surface area (Å²) in [6.07, 6.45) is 3.25. The molecule has 0 fully saturated rings. The van der Waals surface area contributed by atoms with Gasteiger partial charge in [-0.15, -0.1) is 0 Å². The minimum atomic E-state index is -3.16. The molecule has 11 heavy (non-hydrogen) atoms. The molecule has 2 N–H and O–H groups in total. The van der Waals surface area contributed by atoms with E-state index in [9.17, 15) is 8.42 Å². The monoisotopic (exact) mass is 177 g/mol. The maximum absolute atomic E-state index is 9.78. The van der Waals surface area contributed by atoms with Gasteiger partial charge in [0.15, 0.2) is 0 Å². The van der Waals surface area contributed by atoms with Gasteiger partial charge in [0.05, 0.1) is 18.3 Å². The summed E-state index contributed by atoms with van der Waals surface area (Å²) in [7, 11) is -3.16. The molecule has 0 saturated heterocycles. The van der Waals surface area contributed by atoms with Gasteiger partial charge in [-0.25, -0.2) is 13.6 Å². The third kappa shape index (κ3) is 9.19. The van der Waals surface area contributed by atoms with Crippen LogP contribution in [0.1, 0.15) is 6.92 Å². The molecule has 0 unspecified atom stereocenters. The van der Waals surface area contributed by atoms with Gasteiger partial charge in [0.25, 0.3) is 0 Å². The van der Waals surface area contributed by atoms with E-state index in [4.69, 9.17) is 0 Å². The van der Waals surface area contributed by atoms with Crippen LogP contribution in [0.2, 0.25) is 0 Å². The van der Waals surface area contributed by atoms with Gasteiger partial charge in [-0.2, -0.15) is 0 Å². The molecule has 0 radical (unpaired) electrons. The first-order valence-electron chi connectivity index (χ1n) is 3.04. The first-order chi connectivity index (χ1) is 5.06. The van der Waals surface area contributed by atoms with Crippen LogP contribution in [0.25, 0.3) is 0 Å². The lowest BCUT2D eigenvalue weighted by Gasteiger charge is -1.81. The van der Waals surface area contributed by atoms with E-state index in [-0.39, 0.29) is 5.75 Å². The molecular weight excluding hydrogens is 166 g/mol. The van der Waals surface area contributed by atoms with Gasteiger partial charge in [-0.1, -0.05) is 0 Å². The third-order valence-electron chi connectivity index (χ3n) is 0.828. The Hall–Kier alpha value is -0.810. The quantitative estimate of drug-likeness (QED) is 0.681. The molecule has 1 aromatic rings. The number of primary sulfonamides is 1. The fourth-order valence-corrected chi connectivity index (χ4v) is 0.227. The Balaban J connectivity index is 0.000000183. The zero-order valence-electron chi connectivity index (χ0n) is 6.23. The standard InChI is InChI=1S/C4H4O.C2H7NO2S/c1-2-4-5-3-1;1-2-6(3,4)5/h1-4H;2H2,1H3,(H2,3,4,5). The Morgan fingerprint density at radius 1 is 1.36 bits per heavy atom. The van der Waals surface area contributed by atoms with Crippen LogP contribution in [0.15, 0.2) is 29.1 Å². The van der Waals surface area contributed by atoms with Crippen molar-refractivity contribution in [3.05, 3.63) is 24.7 Å². The highest BCUT2D eigenvalue weighted by molar-refractivity contribution is 7.89. The van der Waals surface area contributed by atoms with E-state index in [0.717, 1.165) is 0 Å². The molecule has 5 heteroatoms. The summed E-state index contributed by atoms with van der Waals surface area (Å²) in [6, 6.07) is 3.67. The summed E-state index contributed by atoms with van der Waals surface area (Å²) in [4.78, 5) is 0. The van der Waals surface area contributed by atoms with Crippen molar-refractivity contribution in [3.63, 3.8) is 0 Å². The fraction of sp³-hybridized carbons (Fsp3) is 0.333. The van der Waals surface area contributed by atoms with Crippen molar-refractivity contribution in [2.75, 3.05) is 5.75 Å². The van der Waals surface area contributed by atoms with Crippen molar-refractivity contribution in [1.29, 1.82) is 0 Å². The van der Waals surface area contributed by atoms with Crippen molar-refractivity contribution in [2.45, 2.75) is 6.92 Å². The van der Waals surface area contributed by atoms with E-state index in [2.05, 4.69) is 9.56 Å². The Kier molecular flexibility index (Phi) is 4.56. The summed E-state index contributed by atoms with van der Waals surface area (Å²) >= 11 is 0. The number of rotatable bonds is 1. The van der Waals surface area contributed by atoms with Crippen LogP contribution in [-0.4, -0.2) is 14.2 Å². The van der Waals surface area contributed by atoms with Crippen LogP contribution in [0.5, 0.6) is 0 Å². The molecule has 0 saturated carbocycles. The van der Waals surface area contributed by atoms with E-state index < -0.39 is 10.0 Å². The second-order valence-electron chi connectivity index (χ2n) is 1.74. The lowest BCUT2D eigenvalue weighted by Crippen LogP contribution is -2.13. The molecule has 0 aromatic carbocycles. The number of hydrogen-bond acceptors (Lipinski definition) is 3. The van der Waals surface area contributed by atoms with Crippen LogP contribution in [-0.2, 0) is 10.0 Å². The van der Waals surface area contributed by atoms with Gasteiger partial charge >= 0.3 is 0 Å². The van der Waals surface area contributed by atoms with Gasteiger partial charge in [-0.3, -0.25) is 0 Å². The smallest absolute Gasteiger partial charge is 0.208 e. The fourth-order valence-electron chi connectivity index (χ4n) is 0.227. The lowest BCUT2D eigenvalue weighted by atomic mass is 10.7. The van der Waals surface area contributed by atoms with Crippen LogP contribution in [0, 0.1) is 0 Å². The average molecular weight is 177 g/mol. The SMILES string of the molecule is CCS(N)(=O)=O.c1ccoc1. The second kappa shape index (κ2) is 4.92. The van der Waals surface area contributed by atoms with Gasteiger partial charge in [0.1, 0.15) is 0 Å². The Morgan fingerprint density at radius 3 is 1.82 bits per heavy atom. The summed E-state index contributed by atoms with van der Waals surface area (Å²) in [6.45, 7) is 1.50. The molecule has 0 aliphatic carbocycles. The van der Waals surface area contributed by atoms with E-state index in [1.54, 1.807) is 12.5 Å². The Morgan fingerprint density at radius 2 is 1.73 bits per heavy atom. The largest absolute Gasteiger partial charge is 0.473 e. The van der Waals surface area contributed by atoms with Crippen LogP contribution in [0.3, 0.4) is 0 Å². The molecule has 1 rings (SSSR count). The van der Waals surface area contributed by atoms with Crippen molar-refractivity contribution in [3.8, 4) is 0 Å². The van der Waals surface area contributed by atoms with Crippen molar-refractivity contribution < 1.29 is 12.8 Å². The van der Waals surface area contributed by atoms with Gasteiger partial charge in [0.2, 0.25) is 10.0 Å². The highest BCUT2D eigenvalue weighted by atomic mass is 32.2. The van der Waals surface area contributed by atoms with E-state index in [0.29, 0.717) is 0 Å². The van der Waals surface area contributed by atoms with Crippen LogP contribution in [0.4, 0.5) is 0 Å².